The molecule has 0 bridgehead atoms. The van der Waals surface area contributed by atoms with Gasteiger partial charge in [0, 0.05) is 42.5 Å². The van der Waals surface area contributed by atoms with Crippen LogP contribution in [0.15, 0.2) is 84.8 Å². The quantitative estimate of drug-likeness (QED) is 0.338. The van der Waals surface area contributed by atoms with E-state index in [-0.39, 0.29) is 24.5 Å². The molecule has 2 aliphatic heterocycles. The fourth-order valence-corrected chi connectivity index (χ4v) is 6.55. The van der Waals surface area contributed by atoms with Crippen molar-refractivity contribution in [1.82, 2.24) is 10.2 Å². The molecule has 2 heterocycles. The van der Waals surface area contributed by atoms with Gasteiger partial charge in [0.25, 0.3) is 5.91 Å². The zero-order chi connectivity index (χ0) is 29.4. The summed E-state index contributed by atoms with van der Waals surface area (Å²) >= 11 is 12.3. The Morgan fingerprint density at radius 2 is 1.61 bits per heavy atom. The number of carbonyl (C=O) groups excluding carboxylic acids is 1. The summed E-state index contributed by atoms with van der Waals surface area (Å²) in [7, 11) is -3.65. The second-order valence-electron chi connectivity index (χ2n) is 10.6. The van der Waals surface area contributed by atoms with E-state index in [1.165, 1.54) is 16.8 Å². The van der Waals surface area contributed by atoms with Gasteiger partial charge in [-0.3, -0.25) is 14.0 Å². The van der Waals surface area contributed by atoms with E-state index in [9.17, 15) is 13.2 Å². The van der Waals surface area contributed by atoms with Gasteiger partial charge in [-0.05, 0) is 53.6 Å². The van der Waals surface area contributed by atoms with Crippen LogP contribution >= 0.6 is 23.2 Å². The van der Waals surface area contributed by atoms with E-state index < -0.39 is 15.8 Å². The lowest BCUT2D eigenvalue weighted by Crippen LogP contribution is -2.61. The highest BCUT2D eigenvalue weighted by atomic mass is 35.5. The van der Waals surface area contributed by atoms with E-state index >= 15 is 0 Å². The number of ether oxygens (including phenoxy) is 2. The van der Waals surface area contributed by atoms with Crippen LogP contribution in [-0.2, 0) is 19.5 Å². The maximum atomic E-state index is 13.0. The fraction of sp³-hybridized carbons (Fsp3) is 0.300. The Kier molecular flexibility index (Phi) is 8.25. The predicted octanol–water partition coefficient (Wildman–Crippen LogP) is 5.59. The number of amides is 1. The van der Waals surface area contributed by atoms with Crippen LogP contribution in [0, 0.1) is 0 Å². The number of hydrogen-bond donors (Lipinski definition) is 1. The van der Waals surface area contributed by atoms with Crippen molar-refractivity contribution < 1.29 is 22.7 Å². The van der Waals surface area contributed by atoms with Gasteiger partial charge in [-0.1, -0.05) is 53.5 Å². The van der Waals surface area contributed by atoms with E-state index in [1.807, 2.05) is 48.5 Å². The van der Waals surface area contributed by atoms with Crippen molar-refractivity contribution in [3.8, 4) is 0 Å². The molecule has 1 fully saturated rings. The fourth-order valence-electron chi connectivity index (χ4n) is 5.13. The first-order chi connectivity index (χ1) is 19.4. The monoisotopic (exact) mass is 615 g/mol. The van der Waals surface area contributed by atoms with Crippen molar-refractivity contribution in [1.29, 1.82) is 0 Å². The molecular formula is C30H31Cl2N3O5S. The van der Waals surface area contributed by atoms with Crippen LogP contribution in [0.5, 0.6) is 0 Å². The number of sulfonamides is 1. The number of hydrogen-bond acceptors (Lipinski definition) is 6. The second-order valence-corrected chi connectivity index (χ2v) is 13.3. The van der Waals surface area contributed by atoms with Gasteiger partial charge < -0.3 is 14.8 Å². The number of likely N-dealkylation sites (tertiary alicyclic amines) is 1. The van der Waals surface area contributed by atoms with Crippen LogP contribution in [0.2, 0.25) is 10.0 Å². The van der Waals surface area contributed by atoms with Gasteiger partial charge in [0.1, 0.15) is 6.26 Å². The van der Waals surface area contributed by atoms with Gasteiger partial charge in [-0.15, -0.1) is 0 Å². The molecular weight excluding hydrogens is 585 g/mol. The van der Waals surface area contributed by atoms with Crippen LogP contribution in [-0.4, -0.2) is 56.9 Å². The predicted molar refractivity (Wildman–Crippen MR) is 161 cm³/mol. The van der Waals surface area contributed by atoms with Gasteiger partial charge in [-0.25, -0.2) is 8.42 Å². The molecule has 0 saturated carbocycles. The van der Waals surface area contributed by atoms with Crippen LogP contribution in [0.3, 0.4) is 0 Å². The third kappa shape index (κ3) is 6.81. The van der Waals surface area contributed by atoms with E-state index in [1.54, 1.807) is 38.1 Å². The molecule has 0 spiro atoms. The Labute approximate surface area is 250 Å². The van der Waals surface area contributed by atoms with Crippen LogP contribution in [0.4, 0.5) is 5.69 Å². The third-order valence-corrected chi connectivity index (χ3v) is 8.68. The normalized spacial score (nSPS) is 16.9. The molecule has 1 N–H and O–H groups in total. The molecule has 8 nitrogen and oxygen atoms in total. The number of carbonyl (C=O) groups is 1. The topological polar surface area (TPSA) is 88.2 Å². The third-order valence-electron chi connectivity index (χ3n) is 6.95. The van der Waals surface area contributed by atoms with Crippen molar-refractivity contribution in [2.24, 2.45) is 0 Å². The summed E-state index contributed by atoms with van der Waals surface area (Å²) in [6.45, 7) is 4.67. The van der Waals surface area contributed by atoms with Crippen molar-refractivity contribution >= 4 is 44.8 Å². The largest absolute Gasteiger partial charge is 0.457 e. The molecule has 0 radical (unpaired) electrons. The van der Waals surface area contributed by atoms with E-state index in [0.29, 0.717) is 40.1 Å². The lowest BCUT2D eigenvalue weighted by molar-refractivity contribution is -0.116. The molecule has 3 aromatic carbocycles. The van der Waals surface area contributed by atoms with Crippen LogP contribution in [0.1, 0.15) is 41.4 Å². The minimum absolute atomic E-state index is 0.111. The number of halogens is 2. The number of nitrogens with zero attached hydrogens (tertiary/aromatic N) is 2. The highest BCUT2D eigenvalue weighted by Crippen LogP contribution is 2.37. The summed E-state index contributed by atoms with van der Waals surface area (Å²) in [6.07, 6.45) is 2.66. The number of anilines is 1. The first-order valence-corrected chi connectivity index (χ1v) is 15.7. The number of rotatable bonds is 9. The van der Waals surface area contributed by atoms with Gasteiger partial charge >= 0.3 is 0 Å². The lowest BCUT2D eigenvalue weighted by atomic mass is 9.93. The first-order valence-electron chi connectivity index (χ1n) is 13.1. The summed E-state index contributed by atoms with van der Waals surface area (Å²) in [4.78, 5) is 15.1. The molecule has 41 heavy (non-hydrogen) atoms. The van der Waals surface area contributed by atoms with Gasteiger partial charge in [0.2, 0.25) is 15.8 Å². The molecule has 1 saturated heterocycles. The summed E-state index contributed by atoms with van der Waals surface area (Å²) < 4.78 is 38.5. The highest BCUT2D eigenvalue weighted by Gasteiger charge is 2.41. The Bertz CT molecular complexity index is 1510. The minimum Gasteiger partial charge on any atom is -0.457 e. The van der Waals surface area contributed by atoms with Crippen molar-refractivity contribution in [2.45, 2.75) is 31.7 Å². The molecule has 0 atom stereocenters. The van der Waals surface area contributed by atoms with Crippen molar-refractivity contribution in [3.63, 3.8) is 0 Å². The molecule has 2 aliphatic rings. The van der Waals surface area contributed by atoms with Gasteiger partial charge in [0.15, 0.2) is 5.76 Å². The Hall–Kier alpha value is -3.24. The summed E-state index contributed by atoms with van der Waals surface area (Å²) in [6, 6.07) is 21.5. The standard InChI is InChI=1S/C30H31Cl2N3O5S/c1-30(2)39-19-27(40-30)16-33-29(36)22-5-4-6-25(15-22)35(41(3,37)38)26-17-34(18-26)28(20-7-11-23(31)12-8-20)21-9-13-24(32)14-10-21/h4-15,19,26,28H,16-18H2,1-3H3,(H,33,36). The first kappa shape index (κ1) is 29.3. The Morgan fingerprint density at radius 3 is 2.12 bits per heavy atom. The average molecular weight is 617 g/mol. The number of benzene rings is 3. The van der Waals surface area contributed by atoms with E-state index in [2.05, 4.69) is 10.2 Å². The molecule has 5 rings (SSSR count). The van der Waals surface area contributed by atoms with Crippen LogP contribution < -0.4 is 9.62 Å². The zero-order valence-electron chi connectivity index (χ0n) is 22.9. The number of nitrogens with one attached hydrogen (secondary N) is 1. The van der Waals surface area contributed by atoms with E-state index in [0.717, 1.165) is 11.1 Å². The molecule has 216 valence electrons. The molecule has 0 unspecified atom stereocenters. The molecule has 3 aromatic rings. The van der Waals surface area contributed by atoms with E-state index in [4.69, 9.17) is 32.7 Å². The average Bonchev–Trinajstić information content (AvgIpc) is 3.25. The Morgan fingerprint density at radius 1 is 1.02 bits per heavy atom. The lowest BCUT2D eigenvalue weighted by Gasteiger charge is -2.48. The highest BCUT2D eigenvalue weighted by molar-refractivity contribution is 7.92. The second kappa shape index (κ2) is 11.6. The van der Waals surface area contributed by atoms with Crippen molar-refractivity contribution in [3.05, 3.63) is 112 Å². The summed E-state index contributed by atoms with van der Waals surface area (Å²) in [5, 5.41) is 4.08. The summed E-state index contributed by atoms with van der Waals surface area (Å²) in [5.74, 6) is -0.620. The minimum atomic E-state index is -3.65. The summed E-state index contributed by atoms with van der Waals surface area (Å²) in [5.41, 5.74) is 2.84. The SMILES string of the molecule is CC1(C)OC=C(CNC(=O)c2cccc(N(C3CN(C(c4ccc(Cl)cc4)c4ccc(Cl)cc4)C3)S(C)(=O)=O)c2)O1. The molecule has 0 aromatic heterocycles. The van der Waals surface area contributed by atoms with Gasteiger partial charge in [-0.2, -0.15) is 0 Å². The van der Waals surface area contributed by atoms with Crippen molar-refractivity contribution in [2.75, 3.05) is 30.2 Å². The molecule has 1 amide bonds. The Balaban J connectivity index is 1.33. The van der Waals surface area contributed by atoms with Crippen LogP contribution in [0.25, 0.3) is 0 Å². The van der Waals surface area contributed by atoms with Gasteiger partial charge in [0.05, 0.1) is 30.6 Å². The maximum absolute atomic E-state index is 13.0. The molecule has 0 aliphatic carbocycles. The maximum Gasteiger partial charge on any atom is 0.251 e. The zero-order valence-corrected chi connectivity index (χ0v) is 25.2. The molecule has 11 heteroatoms. The smallest absolute Gasteiger partial charge is 0.251 e.